The highest BCUT2D eigenvalue weighted by atomic mass is 79.9. The third-order valence-corrected chi connectivity index (χ3v) is 3.55. The summed E-state index contributed by atoms with van der Waals surface area (Å²) in [5, 5.41) is 0. The number of aromatic nitrogens is 1. The molecule has 1 fully saturated rings. The summed E-state index contributed by atoms with van der Waals surface area (Å²) in [5.74, 6) is 0.768. The first-order chi connectivity index (χ1) is 7.66. The molecule has 0 saturated heterocycles. The van der Waals surface area contributed by atoms with Crippen molar-refractivity contribution >= 4 is 21.8 Å². The quantitative estimate of drug-likeness (QED) is 0.799. The smallest absolute Gasteiger partial charge is 0.255 e. The zero-order valence-corrected chi connectivity index (χ0v) is 10.9. The summed E-state index contributed by atoms with van der Waals surface area (Å²) in [4.78, 5) is 17.9. The molecule has 86 valence electrons. The summed E-state index contributed by atoms with van der Waals surface area (Å²) < 4.78 is 0.755. The molecule has 16 heavy (non-hydrogen) atoms. The van der Waals surface area contributed by atoms with E-state index in [4.69, 9.17) is 0 Å². The molecule has 3 nitrogen and oxygen atoms in total. The van der Waals surface area contributed by atoms with Gasteiger partial charge in [-0.1, -0.05) is 6.42 Å². The number of pyridine rings is 1. The topological polar surface area (TPSA) is 33.2 Å². The summed E-state index contributed by atoms with van der Waals surface area (Å²) >= 11 is 3.26. The van der Waals surface area contributed by atoms with Crippen LogP contribution in [0.1, 0.15) is 29.6 Å². The molecular weight excluding hydrogens is 268 g/mol. The third kappa shape index (κ3) is 2.61. The number of halogens is 1. The molecule has 0 aliphatic heterocycles. The fourth-order valence-corrected chi connectivity index (χ4v) is 2.10. The molecule has 0 unspecified atom stereocenters. The highest BCUT2D eigenvalue weighted by Gasteiger charge is 2.21. The van der Waals surface area contributed by atoms with Crippen molar-refractivity contribution in [1.82, 2.24) is 9.88 Å². The number of amides is 1. The lowest BCUT2D eigenvalue weighted by Gasteiger charge is -2.30. The zero-order valence-electron chi connectivity index (χ0n) is 9.32. The molecule has 1 amide bonds. The molecule has 4 heteroatoms. The molecule has 1 saturated carbocycles. The van der Waals surface area contributed by atoms with E-state index < -0.39 is 0 Å². The Morgan fingerprint density at radius 2 is 2.31 bits per heavy atom. The molecule has 1 aliphatic carbocycles. The maximum atomic E-state index is 12.0. The van der Waals surface area contributed by atoms with Gasteiger partial charge in [0.1, 0.15) is 4.60 Å². The van der Waals surface area contributed by atoms with Gasteiger partial charge in [-0.2, -0.15) is 0 Å². The predicted molar refractivity (Wildman–Crippen MR) is 66.2 cm³/mol. The standard InChI is InChI=1S/C12H15BrN2O/c1-15(8-9-3-2-4-9)12(16)10-5-6-11(13)14-7-10/h5-7,9H,2-4,8H2,1H3. The summed E-state index contributed by atoms with van der Waals surface area (Å²) in [6.07, 6.45) is 5.45. The number of hydrogen-bond acceptors (Lipinski definition) is 2. The second-order valence-corrected chi connectivity index (χ2v) is 5.16. The average Bonchev–Trinajstić information content (AvgIpc) is 2.23. The Morgan fingerprint density at radius 3 is 2.81 bits per heavy atom. The van der Waals surface area contributed by atoms with Crippen molar-refractivity contribution < 1.29 is 4.79 Å². The SMILES string of the molecule is CN(CC1CCC1)C(=O)c1ccc(Br)nc1. The van der Waals surface area contributed by atoms with E-state index in [1.807, 2.05) is 7.05 Å². The van der Waals surface area contributed by atoms with E-state index in [-0.39, 0.29) is 5.91 Å². The lowest BCUT2D eigenvalue weighted by Crippen LogP contribution is -2.34. The van der Waals surface area contributed by atoms with Crippen LogP contribution < -0.4 is 0 Å². The number of hydrogen-bond donors (Lipinski definition) is 0. The van der Waals surface area contributed by atoms with Crippen LogP contribution in [0.15, 0.2) is 22.9 Å². The Hall–Kier alpha value is -0.900. The van der Waals surface area contributed by atoms with Gasteiger partial charge >= 0.3 is 0 Å². The van der Waals surface area contributed by atoms with Crippen LogP contribution in [0.3, 0.4) is 0 Å². The first-order valence-electron chi connectivity index (χ1n) is 5.54. The minimum Gasteiger partial charge on any atom is -0.341 e. The van der Waals surface area contributed by atoms with Gasteiger partial charge in [0.2, 0.25) is 0 Å². The second-order valence-electron chi connectivity index (χ2n) is 4.35. The van der Waals surface area contributed by atoms with E-state index in [2.05, 4.69) is 20.9 Å². The first-order valence-corrected chi connectivity index (χ1v) is 6.33. The van der Waals surface area contributed by atoms with Crippen LogP contribution in [0.5, 0.6) is 0 Å². The molecule has 1 heterocycles. The number of carbonyl (C=O) groups excluding carboxylic acids is 1. The average molecular weight is 283 g/mol. The Balaban J connectivity index is 1.97. The van der Waals surface area contributed by atoms with Crippen LogP contribution in [-0.4, -0.2) is 29.4 Å². The molecule has 1 aliphatic rings. The normalized spacial score (nSPS) is 15.6. The summed E-state index contributed by atoms with van der Waals surface area (Å²) in [7, 11) is 1.86. The molecular formula is C12H15BrN2O. The molecule has 2 rings (SSSR count). The van der Waals surface area contributed by atoms with Gasteiger partial charge in [-0.05, 0) is 46.8 Å². The van der Waals surface area contributed by atoms with E-state index in [0.717, 1.165) is 11.1 Å². The van der Waals surface area contributed by atoms with Gasteiger partial charge in [0, 0.05) is 19.8 Å². The van der Waals surface area contributed by atoms with E-state index in [9.17, 15) is 4.79 Å². The van der Waals surface area contributed by atoms with Gasteiger partial charge in [-0.15, -0.1) is 0 Å². The van der Waals surface area contributed by atoms with Crippen LogP contribution in [0.2, 0.25) is 0 Å². The fourth-order valence-electron chi connectivity index (χ4n) is 1.87. The van der Waals surface area contributed by atoms with Crippen molar-refractivity contribution in [2.45, 2.75) is 19.3 Å². The Bertz CT molecular complexity index is 373. The van der Waals surface area contributed by atoms with Gasteiger partial charge < -0.3 is 4.90 Å². The van der Waals surface area contributed by atoms with Gasteiger partial charge in [0.05, 0.1) is 5.56 Å². The monoisotopic (exact) mass is 282 g/mol. The van der Waals surface area contributed by atoms with Crippen LogP contribution >= 0.6 is 15.9 Å². The number of rotatable bonds is 3. The molecule has 1 aromatic heterocycles. The highest BCUT2D eigenvalue weighted by molar-refractivity contribution is 9.10. The number of carbonyl (C=O) groups is 1. The molecule has 1 aromatic rings. The molecule has 0 N–H and O–H groups in total. The highest BCUT2D eigenvalue weighted by Crippen LogP contribution is 2.27. The van der Waals surface area contributed by atoms with Crippen LogP contribution in [-0.2, 0) is 0 Å². The maximum absolute atomic E-state index is 12.0. The summed E-state index contributed by atoms with van der Waals surface area (Å²) in [6, 6.07) is 3.60. The number of nitrogens with zero attached hydrogens (tertiary/aromatic N) is 2. The lowest BCUT2D eigenvalue weighted by molar-refractivity contribution is 0.0745. The zero-order chi connectivity index (χ0) is 11.5. The summed E-state index contributed by atoms with van der Waals surface area (Å²) in [5.41, 5.74) is 0.657. The van der Waals surface area contributed by atoms with Crippen molar-refractivity contribution in [2.75, 3.05) is 13.6 Å². The van der Waals surface area contributed by atoms with E-state index in [1.165, 1.54) is 19.3 Å². The fraction of sp³-hybridized carbons (Fsp3) is 0.500. The van der Waals surface area contributed by atoms with Crippen molar-refractivity contribution in [3.63, 3.8) is 0 Å². The third-order valence-electron chi connectivity index (χ3n) is 3.08. The molecule has 0 spiro atoms. The van der Waals surface area contributed by atoms with Crippen molar-refractivity contribution in [2.24, 2.45) is 5.92 Å². The second kappa shape index (κ2) is 4.95. The predicted octanol–water partition coefficient (Wildman–Crippen LogP) is 2.72. The van der Waals surface area contributed by atoms with Gasteiger partial charge in [-0.25, -0.2) is 4.98 Å². The van der Waals surface area contributed by atoms with Crippen LogP contribution in [0.25, 0.3) is 0 Å². The molecule has 0 atom stereocenters. The minimum absolute atomic E-state index is 0.0619. The van der Waals surface area contributed by atoms with Gasteiger partial charge in [0.25, 0.3) is 5.91 Å². The Morgan fingerprint density at radius 1 is 1.56 bits per heavy atom. The van der Waals surface area contributed by atoms with Crippen molar-refractivity contribution in [1.29, 1.82) is 0 Å². The Kier molecular flexibility index (Phi) is 3.59. The summed E-state index contributed by atoms with van der Waals surface area (Å²) in [6.45, 7) is 0.870. The molecule has 0 aromatic carbocycles. The Labute approximate surface area is 104 Å². The van der Waals surface area contributed by atoms with Crippen LogP contribution in [0.4, 0.5) is 0 Å². The van der Waals surface area contributed by atoms with Crippen molar-refractivity contribution in [3.8, 4) is 0 Å². The van der Waals surface area contributed by atoms with Gasteiger partial charge in [0.15, 0.2) is 0 Å². The molecule has 0 bridgehead atoms. The van der Waals surface area contributed by atoms with Crippen LogP contribution in [0, 0.1) is 5.92 Å². The molecule has 0 radical (unpaired) electrons. The van der Waals surface area contributed by atoms with Gasteiger partial charge in [-0.3, -0.25) is 4.79 Å². The van der Waals surface area contributed by atoms with E-state index >= 15 is 0 Å². The van der Waals surface area contributed by atoms with E-state index in [1.54, 1.807) is 23.2 Å². The lowest BCUT2D eigenvalue weighted by atomic mass is 9.85. The van der Waals surface area contributed by atoms with Crippen molar-refractivity contribution in [3.05, 3.63) is 28.5 Å². The largest absolute Gasteiger partial charge is 0.341 e. The maximum Gasteiger partial charge on any atom is 0.255 e. The van der Waals surface area contributed by atoms with E-state index in [0.29, 0.717) is 11.5 Å². The first kappa shape index (κ1) is 11.6. The minimum atomic E-state index is 0.0619.